The summed E-state index contributed by atoms with van der Waals surface area (Å²) < 4.78 is 0. The fourth-order valence-corrected chi connectivity index (χ4v) is 2.72. The zero-order valence-corrected chi connectivity index (χ0v) is 11.5. The van der Waals surface area contributed by atoms with Crippen LogP contribution in [0, 0.1) is 5.92 Å². The van der Waals surface area contributed by atoms with Crippen LogP contribution < -0.4 is 5.32 Å². The summed E-state index contributed by atoms with van der Waals surface area (Å²) in [5, 5.41) is 12.7. The van der Waals surface area contributed by atoms with Crippen LogP contribution >= 0.6 is 0 Å². The number of carbonyl (C=O) groups excluding carboxylic acids is 2. The molecule has 6 nitrogen and oxygen atoms in total. The standard InChI is InChI=1S/C13H23N3O3/c1-10(17)11-2-6-15(7-3-11)12(18)13(19)16-8-4-14-5-9-16/h10-11,14,17H,2-9H2,1H3. The molecule has 2 heterocycles. The van der Waals surface area contributed by atoms with E-state index in [2.05, 4.69) is 5.32 Å². The predicted octanol–water partition coefficient (Wildman–Crippen LogP) is -0.962. The number of nitrogens with zero attached hydrogens (tertiary/aromatic N) is 2. The van der Waals surface area contributed by atoms with E-state index in [-0.39, 0.29) is 23.8 Å². The van der Waals surface area contributed by atoms with Crippen LogP contribution in [0.4, 0.5) is 0 Å². The number of piperazine rings is 1. The molecule has 0 bridgehead atoms. The van der Waals surface area contributed by atoms with E-state index in [0.29, 0.717) is 26.2 Å². The predicted molar refractivity (Wildman–Crippen MR) is 70.4 cm³/mol. The highest BCUT2D eigenvalue weighted by atomic mass is 16.3. The first kappa shape index (κ1) is 14.3. The summed E-state index contributed by atoms with van der Waals surface area (Å²) in [5.41, 5.74) is 0. The first-order valence-electron chi connectivity index (χ1n) is 7.06. The van der Waals surface area contributed by atoms with E-state index in [9.17, 15) is 14.7 Å². The van der Waals surface area contributed by atoms with Crippen molar-refractivity contribution in [2.45, 2.75) is 25.9 Å². The number of piperidine rings is 1. The molecule has 2 fully saturated rings. The third-order valence-electron chi connectivity index (χ3n) is 4.10. The highest BCUT2D eigenvalue weighted by Gasteiger charge is 2.31. The van der Waals surface area contributed by atoms with Gasteiger partial charge in [-0.2, -0.15) is 0 Å². The number of hydrogen-bond donors (Lipinski definition) is 2. The molecule has 0 aromatic carbocycles. The molecule has 0 aliphatic carbocycles. The molecule has 6 heteroatoms. The van der Waals surface area contributed by atoms with Crippen LogP contribution in [0.2, 0.25) is 0 Å². The average Bonchev–Trinajstić information content (AvgIpc) is 2.46. The molecule has 108 valence electrons. The molecule has 1 atom stereocenters. The lowest BCUT2D eigenvalue weighted by Crippen LogP contribution is -2.53. The van der Waals surface area contributed by atoms with Crippen molar-refractivity contribution in [1.29, 1.82) is 0 Å². The van der Waals surface area contributed by atoms with Crippen LogP contribution in [0.25, 0.3) is 0 Å². The van der Waals surface area contributed by atoms with Gasteiger partial charge in [0.2, 0.25) is 0 Å². The van der Waals surface area contributed by atoms with Crippen molar-refractivity contribution in [1.82, 2.24) is 15.1 Å². The zero-order chi connectivity index (χ0) is 13.8. The topological polar surface area (TPSA) is 72.9 Å². The summed E-state index contributed by atoms with van der Waals surface area (Å²) in [6.45, 7) is 5.65. The molecule has 2 aliphatic heterocycles. The second-order valence-electron chi connectivity index (χ2n) is 5.41. The fourth-order valence-electron chi connectivity index (χ4n) is 2.72. The van der Waals surface area contributed by atoms with Gasteiger partial charge in [0.15, 0.2) is 0 Å². The van der Waals surface area contributed by atoms with Crippen molar-refractivity contribution in [2.24, 2.45) is 5.92 Å². The lowest BCUT2D eigenvalue weighted by Gasteiger charge is -2.34. The minimum Gasteiger partial charge on any atom is -0.393 e. The molecule has 0 spiro atoms. The number of aliphatic hydroxyl groups is 1. The highest BCUT2D eigenvalue weighted by Crippen LogP contribution is 2.20. The smallest absolute Gasteiger partial charge is 0.312 e. The molecule has 2 aliphatic rings. The minimum atomic E-state index is -0.383. The van der Waals surface area contributed by atoms with Gasteiger partial charge in [0.1, 0.15) is 0 Å². The summed E-state index contributed by atoms with van der Waals surface area (Å²) in [7, 11) is 0. The van der Waals surface area contributed by atoms with Crippen LogP contribution in [0.3, 0.4) is 0 Å². The van der Waals surface area contributed by atoms with Gasteiger partial charge in [0.05, 0.1) is 6.10 Å². The van der Waals surface area contributed by atoms with E-state index in [1.165, 1.54) is 0 Å². The molecule has 0 aromatic heterocycles. The normalized spacial score (nSPS) is 23.3. The lowest BCUT2D eigenvalue weighted by atomic mass is 9.92. The van der Waals surface area contributed by atoms with Gasteiger partial charge in [-0.15, -0.1) is 0 Å². The number of amides is 2. The lowest BCUT2D eigenvalue weighted by molar-refractivity contribution is -0.153. The van der Waals surface area contributed by atoms with Crippen LogP contribution in [-0.4, -0.2) is 72.1 Å². The van der Waals surface area contributed by atoms with Gasteiger partial charge in [-0.05, 0) is 25.7 Å². The molecule has 1 unspecified atom stereocenters. The number of carbonyl (C=O) groups is 2. The van der Waals surface area contributed by atoms with Crippen LogP contribution in [0.5, 0.6) is 0 Å². The van der Waals surface area contributed by atoms with Gasteiger partial charge in [-0.1, -0.05) is 0 Å². The van der Waals surface area contributed by atoms with Crippen molar-refractivity contribution < 1.29 is 14.7 Å². The SMILES string of the molecule is CC(O)C1CCN(C(=O)C(=O)N2CCNCC2)CC1. The van der Waals surface area contributed by atoms with E-state index in [1.54, 1.807) is 16.7 Å². The maximum absolute atomic E-state index is 12.1. The number of likely N-dealkylation sites (tertiary alicyclic amines) is 1. The monoisotopic (exact) mass is 269 g/mol. The first-order chi connectivity index (χ1) is 9.09. The molecule has 2 saturated heterocycles. The number of rotatable bonds is 1. The van der Waals surface area contributed by atoms with Crippen LogP contribution in [0.15, 0.2) is 0 Å². The number of aliphatic hydroxyl groups excluding tert-OH is 1. The Morgan fingerprint density at radius 1 is 1.05 bits per heavy atom. The van der Waals surface area contributed by atoms with Crippen molar-refractivity contribution in [3.63, 3.8) is 0 Å². The molecule has 19 heavy (non-hydrogen) atoms. The van der Waals surface area contributed by atoms with Gasteiger partial charge >= 0.3 is 11.8 Å². The van der Waals surface area contributed by atoms with E-state index >= 15 is 0 Å². The van der Waals surface area contributed by atoms with Gasteiger partial charge in [-0.25, -0.2) is 0 Å². The van der Waals surface area contributed by atoms with Crippen LogP contribution in [0.1, 0.15) is 19.8 Å². The molecule has 2 rings (SSSR count). The average molecular weight is 269 g/mol. The Labute approximate surface area is 113 Å². The van der Waals surface area contributed by atoms with E-state index in [1.807, 2.05) is 0 Å². The summed E-state index contributed by atoms with van der Waals surface area (Å²) in [6, 6.07) is 0. The van der Waals surface area contributed by atoms with Crippen molar-refractivity contribution in [3.8, 4) is 0 Å². The Hall–Kier alpha value is -1.14. The number of nitrogens with one attached hydrogen (secondary N) is 1. The van der Waals surface area contributed by atoms with Gasteiger partial charge in [0.25, 0.3) is 0 Å². The Kier molecular flexibility index (Phi) is 4.76. The summed E-state index contributed by atoms with van der Waals surface area (Å²) >= 11 is 0. The zero-order valence-electron chi connectivity index (χ0n) is 11.5. The maximum Gasteiger partial charge on any atom is 0.312 e. The maximum atomic E-state index is 12.1. The van der Waals surface area contributed by atoms with Gasteiger partial charge in [0, 0.05) is 39.3 Å². The Bertz CT molecular complexity index is 332. The quantitative estimate of drug-likeness (QED) is 0.601. The van der Waals surface area contributed by atoms with E-state index in [4.69, 9.17) is 0 Å². The Morgan fingerprint density at radius 3 is 2.00 bits per heavy atom. The molecular formula is C13H23N3O3. The molecular weight excluding hydrogens is 246 g/mol. The Morgan fingerprint density at radius 2 is 1.53 bits per heavy atom. The van der Waals surface area contributed by atoms with Crippen molar-refractivity contribution >= 4 is 11.8 Å². The minimum absolute atomic E-state index is 0.248. The molecule has 2 N–H and O–H groups in total. The second-order valence-corrected chi connectivity index (χ2v) is 5.41. The highest BCUT2D eigenvalue weighted by molar-refractivity contribution is 6.34. The van der Waals surface area contributed by atoms with Crippen molar-refractivity contribution in [3.05, 3.63) is 0 Å². The fraction of sp³-hybridized carbons (Fsp3) is 0.846. The summed E-state index contributed by atoms with van der Waals surface area (Å²) in [6.07, 6.45) is 1.22. The Balaban J connectivity index is 1.85. The largest absolute Gasteiger partial charge is 0.393 e. The third kappa shape index (κ3) is 3.45. The third-order valence-corrected chi connectivity index (χ3v) is 4.10. The number of hydrogen-bond acceptors (Lipinski definition) is 4. The molecule has 0 aromatic rings. The van der Waals surface area contributed by atoms with E-state index < -0.39 is 0 Å². The summed E-state index contributed by atoms with van der Waals surface area (Å²) in [4.78, 5) is 27.4. The van der Waals surface area contributed by atoms with Crippen LogP contribution in [-0.2, 0) is 9.59 Å². The molecule has 0 saturated carbocycles. The van der Waals surface area contributed by atoms with E-state index in [0.717, 1.165) is 25.9 Å². The van der Waals surface area contributed by atoms with Gasteiger partial charge < -0.3 is 20.2 Å². The second kappa shape index (κ2) is 6.34. The van der Waals surface area contributed by atoms with Crippen molar-refractivity contribution in [2.75, 3.05) is 39.3 Å². The first-order valence-corrected chi connectivity index (χ1v) is 7.06. The van der Waals surface area contributed by atoms with Gasteiger partial charge in [-0.3, -0.25) is 9.59 Å². The summed E-state index contributed by atoms with van der Waals surface area (Å²) in [5.74, 6) is -0.513. The molecule has 0 radical (unpaired) electrons. The molecule has 2 amide bonds.